The lowest BCUT2D eigenvalue weighted by atomic mass is 10.3. The fourth-order valence-corrected chi connectivity index (χ4v) is 1.89. The Hall–Kier alpha value is -2.28. The molecule has 0 fully saturated rings. The van der Waals surface area contributed by atoms with Gasteiger partial charge in [0.25, 0.3) is 5.91 Å². The summed E-state index contributed by atoms with van der Waals surface area (Å²) in [4.78, 5) is 23.5. The first-order valence-corrected chi connectivity index (χ1v) is 6.25. The molecule has 1 heterocycles. The van der Waals surface area contributed by atoms with Gasteiger partial charge in [0, 0.05) is 5.69 Å². The summed E-state index contributed by atoms with van der Waals surface area (Å²) in [5.41, 5.74) is 1.15. The molecule has 7 heteroatoms. The number of hydrogen-bond donors (Lipinski definition) is 1. The van der Waals surface area contributed by atoms with Crippen LogP contribution in [-0.4, -0.2) is 28.1 Å². The number of aryl methyl sites for hydroxylation is 1. The molecular formula is C12H11N3O3S. The molecule has 1 aromatic carbocycles. The van der Waals surface area contributed by atoms with Crippen LogP contribution in [0.3, 0.4) is 0 Å². The highest BCUT2D eigenvalue weighted by atomic mass is 32.1. The predicted octanol–water partition coefficient (Wildman–Crippen LogP) is 1.64. The minimum Gasteiger partial charge on any atom is -0.451 e. The van der Waals surface area contributed by atoms with Gasteiger partial charge < -0.3 is 10.1 Å². The Morgan fingerprint density at radius 2 is 2.05 bits per heavy atom. The number of anilines is 1. The van der Waals surface area contributed by atoms with Crippen molar-refractivity contribution in [2.75, 3.05) is 11.9 Å². The topological polar surface area (TPSA) is 81.2 Å². The number of aromatic nitrogens is 2. The lowest BCUT2D eigenvalue weighted by molar-refractivity contribution is -0.119. The minimum absolute atomic E-state index is 0.313. The number of rotatable bonds is 4. The summed E-state index contributed by atoms with van der Waals surface area (Å²) >= 11 is 0.946. The standard InChI is InChI=1S/C12H11N3O3S/c1-8-11(19-15-14-8)12(17)18-7-10(16)13-9-5-3-2-4-6-9/h2-6H,7H2,1H3,(H,13,16). The Bertz CT molecular complexity index is 583. The molecule has 1 amide bonds. The molecule has 0 aliphatic carbocycles. The van der Waals surface area contributed by atoms with Gasteiger partial charge in [-0.05, 0) is 30.6 Å². The second kappa shape index (κ2) is 6.05. The van der Waals surface area contributed by atoms with Crippen molar-refractivity contribution in [2.24, 2.45) is 0 Å². The van der Waals surface area contributed by atoms with Crippen LogP contribution < -0.4 is 5.32 Å². The molecule has 19 heavy (non-hydrogen) atoms. The predicted molar refractivity (Wildman–Crippen MR) is 70.0 cm³/mol. The average molecular weight is 277 g/mol. The molecular weight excluding hydrogens is 266 g/mol. The first-order valence-electron chi connectivity index (χ1n) is 5.48. The number of ether oxygens (including phenoxy) is 1. The number of nitrogens with one attached hydrogen (secondary N) is 1. The quantitative estimate of drug-likeness (QED) is 0.859. The zero-order valence-electron chi connectivity index (χ0n) is 10.1. The third-order valence-electron chi connectivity index (χ3n) is 2.23. The fraction of sp³-hybridized carbons (Fsp3) is 0.167. The minimum atomic E-state index is -0.587. The Labute approximate surface area is 113 Å². The van der Waals surface area contributed by atoms with Gasteiger partial charge in [0.2, 0.25) is 0 Å². The highest BCUT2D eigenvalue weighted by Gasteiger charge is 2.16. The van der Waals surface area contributed by atoms with Crippen LogP contribution in [0.15, 0.2) is 30.3 Å². The molecule has 0 saturated carbocycles. The number of carbonyl (C=O) groups excluding carboxylic acids is 2. The van der Waals surface area contributed by atoms with Crippen LogP contribution in [0.2, 0.25) is 0 Å². The van der Waals surface area contributed by atoms with Gasteiger partial charge in [-0.15, -0.1) is 5.10 Å². The summed E-state index contributed by atoms with van der Waals surface area (Å²) in [6, 6.07) is 8.94. The molecule has 1 N–H and O–H groups in total. The van der Waals surface area contributed by atoms with Crippen LogP contribution in [0.1, 0.15) is 15.4 Å². The summed E-state index contributed by atoms with van der Waals surface area (Å²) in [6.07, 6.45) is 0. The molecule has 0 aliphatic rings. The number of para-hydroxylation sites is 1. The third kappa shape index (κ3) is 3.59. The number of benzene rings is 1. The zero-order valence-corrected chi connectivity index (χ0v) is 10.9. The number of amides is 1. The Morgan fingerprint density at radius 3 is 2.68 bits per heavy atom. The van der Waals surface area contributed by atoms with Crippen LogP contribution in [0.5, 0.6) is 0 Å². The van der Waals surface area contributed by atoms with Gasteiger partial charge in [-0.25, -0.2) is 4.79 Å². The van der Waals surface area contributed by atoms with E-state index in [1.807, 2.05) is 6.07 Å². The largest absolute Gasteiger partial charge is 0.451 e. The molecule has 0 radical (unpaired) electrons. The first-order chi connectivity index (χ1) is 9.16. The summed E-state index contributed by atoms with van der Waals surface area (Å²) in [5, 5.41) is 6.31. The van der Waals surface area contributed by atoms with E-state index in [0.717, 1.165) is 11.5 Å². The van der Waals surface area contributed by atoms with Crippen molar-refractivity contribution in [3.8, 4) is 0 Å². The summed E-state index contributed by atoms with van der Waals surface area (Å²) < 4.78 is 8.51. The van der Waals surface area contributed by atoms with Crippen LogP contribution in [0.4, 0.5) is 5.69 Å². The van der Waals surface area contributed by atoms with Crippen molar-refractivity contribution in [3.05, 3.63) is 40.9 Å². The molecule has 0 spiro atoms. The van der Waals surface area contributed by atoms with E-state index in [9.17, 15) is 9.59 Å². The molecule has 2 aromatic rings. The average Bonchev–Trinajstić information content (AvgIpc) is 2.83. The maximum absolute atomic E-state index is 11.6. The lowest BCUT2D eigenvalue weighted by Gasteiger charge is -2.05. The van der Waals surface area contributed by atoms with Gasteiger partial charge in [-0.3, -0.25) is 4.79 Å². The van der Waals surface area contributed by atoms with Gasteiger partial charge in [0.15, 0.2) is 11.5 Å². The van der Waals surface area contributed by atoms with E-state index in [0.29, 0.717) is 16.3 Å². The van der Waals surface area contributed by atoms with E-state index >= 15 is 0 Å². The lowest BCUT2D eigenvalue weighted by Crippen LogP contribution is -2.20. The van der Waals surface area contributed by atoms with Crippen molar-refractivity contribution in [1.82, 2.24) is 9.59 Å². The summed E-state index contributed by atoms with van der Waals surface area (Å²) in [5.74, 6) is -0.981. The normalized spacial score (nSPS) is 9.95. The van der Waals surface area contributed by atoms with E-state index in [1.54, 1.807) is 31.2 Å². The van der Waals surface area contributed by atoms with E-state index in [4.69, 9.17) is 4.74 Å². The van der Waals surface area contributed by atoms with Crippen LogP contribution in [0, 0.1) is 6.92 Å². The number of hydrogen-bond acceptors (Lipinski definition) is 6. The summed E-state index contributed by atoms with van der Waals surface area (Å²) in [7, 11) is 0. The molecule has 1 aromatic heterocycles. The molecule has 0 unspecified atom stereocenters. The Kier molecular flexibility index (Phi) is 4.19. The van der Waals surface area contributed by atoms with Gasteiger partial charge in [0.1, 0.15) is 0 Å². The van der Waals surface area contributed by atoms with E-state index in [2.05, 4.69) is 14.9 Å². The van der Waals surface area contributed by atoms with Crippen molar-refractivity contribution in [1.29, 1.82) is 0 Å². The highest BCUT2D eigenvalue weighted by molar-refractivity contribution is 7.07. The second-order valence-electron chi connectivity index (χ2n) is 3.68. The van der Waals surface area contributed by atoms with E-state index in [1.165, 1.54) is 0 Å². The molecule has 0 saturated heterocycles. The molecule has 6 nitrogen and oxygen atoms in total. The van der Waals surface area contributed by atoms with E-state index < -0.39 is 11.9 Å². The Morgan fingerprint density at radius 1 is 1.32 bits per heavy atom. The number of esters is 1. The molecule has 0 bridgehead atoms. The molecule has 98 valence electrons. The first kappa shape index (κ1) is 13.2. The number of nitrogens with zero attached hydrogens (tertiary/aromatic N) is 2. The third-order valence-corrected chi connectivity index (χ3v) is 3.04. The molecule has 2 rings (SSSR count). The van der Waals surface area contributed by atoms with Crippen LogP contribution in [0.25, 0.3) is 0 Å². The van der Waals surface area contributed by atoms with Crippen LogP contribution >= 0.6 is 11.5 Å². The monoisotopic (exact) mass is 277 g/mol. The van der Waals surface area contributed by atoms with Crippen molar-refractivity contribution in [2.45, 2.75) is 6.92 Å². The van der Waals surface area contributed by atoms with Gasteiger partial charge >= 0.3 is 5.97 Å². The summed E-state index contributed by atoms with van der Waals surface area (Å²) in [6.45, 7) is 1.31. The van der Waals surface area contributed by atoms with Crippen molar-refractivity contribution < 1.29 is 14.3 Å². The molecule has 0 atom stereocenters. The Balaban J connectivity index is 1.84. The smallest absolute Gasteiger partial charge is 0.352 e. The number of carbonyl (C=O) groups is 2. The van der Waals surface area contributed by atoms with Crippen LogP contribution in [-0.2, 0) is 9.53 Å². The molecule has 0 aliphatic heterocycles. The van der Waals surface area contributed by atoms with Crippen molar-refractivity contribution >= 4 is 29.1 Å². The zero-order chi connectivity index (χ0) is 13.7. The van der Waals surface area contributed by atoms with Gasteiger partial charge in [0.05, 0.1) is 5.69 Å². The highest BCUT2D eigenvalue weighted by Crippen LogP contribution is 2.10. The maximum Gasteiger partial charge on any atom is 0.352 e. The fourth-order valence-electron chi connectivity index (χ4n) is 1.33. The van der Waals surface area contributed by atoms with Gasteiger partial charge in [-0.2, -0.15) is 0 Å². The maximum atomic E-state index is 11.6. The van der Waals surface area contributed by atoms with E-state index in [-0.39, 0.29) is 6.61 Å². The van der Waals surface area contributed by atoms with Gasteiger partial charge in [-0.1, -0.05) is 22.7 Å². The second-order valence-corrected chi connectivity index (χ2v) is 4.43. The SMILES string of the molecule is Cc1nnsc1C(=O)OCC(=O)Nc1ccccc1. The van der Waals surface area contributed by atoms with Crippen molar-refractivity contribution in [3.63, 3.8) is 0 Å².